The number of aromatic amines is 1. The standard InChI is InChI=1S/C11H11ClN2O2/c1-2-16-11(15)7-3-4-8-9(5-7)14-10(6-12)13-8/h3-5H,2,6H2,1H3,(H,13,14). The second kappa shape index (κ2) is 4.53. The fourth-order valence-corrected chi connectivity index (χ4v) is 1.59. The molecule has 0 radical (unpaired) electrons. The molecule has 2 rings (SSSR count). The van der Waals surface area contributed by atoms with Gasteiger partial charge < -0.3 is 9.72 Å². The molecular formula is C11H11ClN2O2. The molecule has 1 heterocycles. The maximum absolute atomic E-state index is 11.5. The van der Waals surface area contributed by atoms with E-state index in [9.17, 15) is 4.79 Å². The van der Waals surface area contributed by atoms with Gasteiger partial charge in [-0.15, -0.1) is 11.6 Å². The summed E-state index contributed by atoms with van der Waals surface area (Å²) in [5.41, 5.74) is 2.10. The Morgan fingerprint density at radius 1 is 1.56 bits per heavy atom. The molecule has 84 valence electrons. The van der Waals surface area contributed by atoms with Crippen molar-refractivity contribution in [1.82, 2.24) is 9.97 Å². The van der Waals surface area contributed by atoms with Gasteiger partial charge >= 0.3 is 5.97 Å². The van der Waals surface area contributed by atoms with Gasteiger partial charge in [-0.1, -0.05) is 0 Å². The average Bonchev–Trinajstić information content (AvgIpc) is 2.70. The number of nitrogens with one attached hydrogen (secondary N) is 1. The Balaban J connectivity index is 2.39. The van der Waals surface area contributed by atoms with Crippen LogP contribution in [0.5, 0.6) is 0 Å². The highest BCUT2D eigenvalue weighted by atomic mass is 35.5. The minimum atomic E-state index is -0.327. The molecule has 0 aliphatic carbocycles. The summed E-state index contributed by atoms with van der Waals surface area (Å²) in [7, 11) is 0. The highest BCUT2D eigenvalue weighted by Crippen LogP contribution is 2.15. The number of hydrogen-bond acceptors (Lipinski definition) is 3. The van der Waals surface area contributed by atoms with Crippen LogP contribution in [0.1, 0.15) is 23.1 Å². The van der Waals surface area contributed by atoms with Crippen LogP contribution >= 0.6 is 11.6 Å². The highest BCUT2D eigenvalue weighted by Gasteiger charge is 2.09. The number of benzene rings is 1. The maximum atomic E-state index is 11.5. The molecule has 16 heavy (non-hydrogen) atoms. The second-order valence-corrected chi connectivity index (χ2v) is 3.54. The van der Waals surface area contributed by atoms with E-state index in [1.807, 2.05) is 0 Å². The van der Waals surface area contributed by atoms with Gasteiger partial charge in [0.2, 0.25) is 0 Å². The van der Waals surface area contributed by atoms with Crippen LogP contribution in [0.2, 0.25) is 0 Å². The van der Waals surface area contributed by atoms with E-state index in [2.05, 4.69) is 9.97 Å². The van der Waals surface area contributed by atoms with Crippen molar-refractivity contribution in [3.05, 3.63) is 29.6 Å². The van der Waals surface area contributed by atoms with Crippen LogP contribution in [0.25, 0.3) is 11.0 Å². The van der Waals surface area contributed by atoms with E-state index in [0.29, 0.717) is 23.9 Å². The van der Waals surface area contributed by atoms with Crippen LogP contribution in [0, 0.1) is 0 Å². The van der Waals surface area contributed by atoms with Gasteiger partial charge in [0.25, 0.3) is 0 Å². The molecule has 0 bridgehead atoms. The lowest BCUT2D eigenvalue weighted by Gasteiger charge is -2.00. The summed E-state index contributed by atoms with van der Waals surface area (Å²) in [6.07, 6.45) is 0. The zero-order chi connectivity index (χ0) is 11.5. The minimum Gasteiger partial charge on any atom is -0.462 e. The fraction of sp³-hybridized carbons (Fsp3) is 0.273. The smallest absolute Gasteiger partial charge is 0.338 e. The number of halogens is 1. The lowest BCUT2D eigenvalue weighted by atomic mass is 10.2. The molecular weight excluding hydrogens is 228 g/mol. The minimum absolute atomic E-state index is 0.323. The first kappa shape index (κ1) is 11.0. The van der Waals surface area contributed by atoms with Gasteiger partial charge in [0.15, 0.2) is 0 Å². The van der Waals surface area contributed by atoms with Crippen LogP contribution in [0.3, 0.4) is 0 Å². The fourth-order valence-electron chi connectivity index (χ4n) is 1.47. The first-order valence-corrected chi connectivity index (χ1v) is 5.49. The van der Waals surface area contributed by atoms with E-state index in [0.717, 1.165) is 11.0 Å². The third-order valence-corrected chi connectivity index (χ3v) is 2.42. The van der Waals surface area contributed by atoms with Crippen LogP contribution in [0.15, 0.2) is 18.2 Å². The molecule has 1 aromatic heterocycles. The van der Waals surface area contributed by atoms with E-state index in [-0.39, 0.29) is 5.97 Å². The summed E-state index contributed by atoms with van der Waals surface area (Å²) < 4.78 is 4.91. The largest absolute Gasteiger partial charge is 0.462 e. The number of imidazole rings is 1. The van der Waals surface area contributed by atoms with Gasteiger partial charge in [-0.25, -0.2) is 9.78 Å². The Labute approximate surface area is 97.6 Å². The SMILES string of the molecule is CCOC(=O)c1ccc2nc(CCl)[nH]c2c1. The van der Waals surface area contributed by atoms with E-state index >= 15 is 0 Å². The van der Waals surface area contributed by atoms with Crippen molar-refractivity contribution < 1.29 is 9.53 Å². The van der Waals surface area contributed by atoms with E-state index in [1.54, 1.807) is 25.1 Å². The van der Waals surface area contributed by atoms with Crippen molar-refractivity contribution in [3.8, 4) is 0 Å². The highest BCUT2D eigenvalue weighted by molar-refractivity contribution is 6.16. The number of esters is 1. The Morgan fingerprint density at radius 2 is 2.38 bits per heavy atom. The van der Waals surface area contributed by atoms with Crippen molar-refractivity contribution in [2.75, 3.05) is 6.61 Å². The number of ether oxygens (including phenoxy) is 1. The lowest BCUT2D eigenvalue weighted by molar-refractivity contribution is 0.0526. The summed E-state index contributed by atoms with van der Waals surface area (Å²) in [5.74, 6) is 0.688. The number of alkyl halides is 1. The topological polar surface area (TPSA) is 55.0 Å². The molecule has 0 atom stereocenters. The molecule has 4 nitrogen and oxygen atoms in total. The number of hydrogen-bond donors (Lipinski definition) is 1. The van der Waals surface area contributed by atoms with E-state index in [4.69, 9.17) is 16.3 Å². The van der Waals surface area contributed by atoms with Crippen molar-refractivity contribution in [2.24, 2.45) is 0 Å². The number of H-pyrrole nitrogens is 1. The Kier molecular flexibility index (Phi) is 3.10. The van der Waals surface area contributed by atoms with Crippen LogP contribution in [-0.2, 0) is 10.6 Å². The summed E-state index contributed by atoms with van der Waals surface area (Å²) in [4.78, 5) is 18.8. The monoisotopic (exact) mass is 238 g/mol. The molecule has 1 aromatic carbocycles. The Bertz CT molecular complexity index is 522. The molecule has 0 aliphatic rings. The number of carbonyl (C=O) groups excluding carboxylic acids is 1. The van der Waals surface area contributed by atoms with Crippen molar-refractivity contribution >= 4 is 28.6 Å². The molecule has 0 aliphatic heterocycles. The van der Waals surface area contributed by atoms with Crippen LogP contribution in [0.4, 0.5) is 0 Å². The summed E-state index contributed by atoms with van der Waals surface area (Å²) in [6, 6.07) is 5.18. The molecule has 5 heteroatoms. The molecule has 0 saturated heterocycles. The van der Waals surface area contributed by atoms with E-state index < -0.39 is 0 Å². The van der Waals surface area contributed by atoms with E-state index in [1.165, 1.54) is 0 Å². The molecule has 0 amide bonds. The number of fused-ring (bicyclic) bond motifs is 1. The third-order valence-electron chi connectivity index (χ3n) is 2.17. The predicted molar refractivity (Wildman–Crippen MR) is 61.6 cm³/mol. The second-order valence-electron chi connectivity index (χ2n) is 3.27. The van der Waals surface area contributed by atoms with Gasteiger partial charge in [0.1, 0.15) is 5.82 Å². The molecule has 0 unspecified atom stereocenters. The average molecular weight is 239 g/mol. The number of carbonyl (C=O) groups is 1. The van der Waals surface area contributed by atoms with Crippen molar-refractivity contribution in [1.29, 1.82) is 0 Å². The Hall–Kier alpha value is -1.55. The first-order valence-electron chi connectivity index (χ1n) is 4.96. The molecule has 1 N–H and O–H groups in total. The number of rotatable bonds is 3. The molecule has 0 fully saturated rings. The van der Waals surface area contributed by atoms with Crippen LogP contribution < -0.4 is 0 Å². The predicted octanol–water partition coefficient (Wildman–Crippen LogP) is 2.48. The molecule has 2 aromatic rings. The van der Waals surface area contributed by atoms with Gasteiger partial charge in [-0.05, 0) is 25.1 Å². The van der Waals surface area contributed by atoms with Gasteiger partial charge in [0, 0.05) is 0 Å². The lowest BCUT2D eigenvalue weighted by Crippen LogP contribution is -2.04. The maximum Gasteiger partial charge on any atom is 0.338 e. The van der Waals surface area contributed by atoms with Gasteiger partial charge in [-0.2, -0.15) is 0 Å². The Morgan fingerprint density at radius 3 is 3.06 bits per heavy atom. The molecule has 0 spiro atoms. The summed E-state index contributed by atoms with van der Waals surface area (Å²) >= 11 is 5.67. The normalized spacial score (nSPS) is 10.6. The summed E-state index contributed by atoms with van der Waals surface area (Å²) in [5, 5.41) is 0. The third kappa shape index (κ3) is 2.02. The number of aromatic nitrogens is 2. The van der Waals surface area contributed by atoms with Gasteiger partial charge in [0.05, 0.1) is 29.1 Å². The van der Waals surface area contributed by atoms with Crippen molar-refractivity contribution in [3.63, 3.8) is 0 Å². The number of nitrogens with zero attached hydrogens (tertiary/aromatic N) is 1. The first-order chi connectivity index (χ1) is 7.74. The zero-order valence-electron chi connectivity index (χ0n) is 8.79. The quantitative estimate of drug-likeness (QED) is 0.660. The summed E-state index contributed by atoms with van der Waals surface area (Å²) in [6.45, 7) is 2.14. The van der Waals surface area contributed by atoms with Crippen LogP contribution in [-0.4, -0.2) is 22.5 Å². The zero-order valence-corrected chi connectivity index (χ0v) is 9.54. The van der Waals surface area contributed by atoms with Crippen molar-refractivity contribution in [2.45, 2.75) is 12.8 Å². The molecule has 0 saturated carbocycles. The van der Waals surface area contributed by atoms with Gasteiger partial charge in [-0.3, -0.25) is 0 Å².